The summed E-state index contributed by atoms with van der Waals surface area (Å²) in [6.45, 7) is 0.576. The van der Waals surface area contributed by atoms with E-state index in [2.05, 4.69) is 15.3 Å². The summed E-state index contributed by atoms with van der Waals surface area (Å²) in [6, 6.07) is 5.59. The molecule has 1 fully saturated rings. The van der Waals surface area contributed by atoms with Crippen molar-refractivity contribution in [3.05, 3.63) is 36.4 Å². The van der Waals surface area contributed by atoms with Crippen molar-refractivity contribution in [2.24, 2.45) is 5.92 Å². The number of benzene rings is 1. The third-order valence-electron chi connectivity index (χ3n) is 4.42. The lowest BCUT2D eigenvalue weighted by Crippen LogP contribution is -2.43. The van der Waals surface area contributed by atoms with Crippen molar-refractivity contribution in [1.82, 2.24) is 14.9 Å². The maximum Gasteiger partial charge on any atom is 0.407 e. The van der Waals surface area contributed by atoms with Crippen molar-refractivity contribution in [2.75, 3.05) is 25.5 Å². The van der Waals surface area contributed by atoms with Crippen LogP contribution in [-0.2, 0) is 4.79 Å². The SMILES string of the molecule is COc1ccc(F)cc1-c1cc(NC(=O)C2CCCN(C(=O)O)C2)ncn1. The molecule has 3 rings (SSSR count). The van der Waals surface area contributed by atoms with Gasteiger partial charge in [0, 0.05) is 24.7 Å². The minimum atomic E-state index is -1.03. The van der Waals surface area contributed by atoms with E-state index < -0.39 is 17.8 Å². The topological polar surface area (TPSA) is 105 Å². The first kappa shape index (κ1) is 18.6. The summed E-state index contributed by atoms with van der Waals surface area (Å²) in [7, 11) is 1.47. The van der Waals surface area contributed by atoms with E-state index in [-0.39, 0.29) is 18.3 Å². The standard InChI is InChI=1S/C18H19FN4O4/c1-27-15-5-4-12(19)7-13(15)14-8-16(21-10-20-14)22-17(24)11-3-2-6-23(9-11)18(25)26/h4-5,7-8,10-11H,2-3,6,9H2,1H3,(H,25,26)(H,20,21,22,24). The molecule has 0 bridgehead atoms. The molecule has 142 valence electrons. The Labute approximate surface area is 155 Å². The van der Waals surface area contributed by atoms with Crippen molar-refractivity contribution < 1.29 is 23.8 Å². The predicted molar refractivity (Wildman–Crippen MR) is 94.9 cm³/mol. The van der Waals surface area contributed by atoms with Gasteiger partial charge in [-0.25, -0.2) is 19.2 Å². The number of aromatic nitrogens is 2. The average Bonchev–Trinajstić information content (AvgIpc) is 2.68. The molecule has 1 aliphatic rings. The van der Waals surface area contributed by atoms with Crippen molar-refractivity contribution in [2.45, 2.75) is 12.8 Å². The highest BCUT2D eigenvalue weighted by molar-refractivity contribution is 5.92. The number of carboxylic acid groups (broad SMARTS) is 1. The molecule has 2 aromatic rings. The monoisotopic (exact) mass is 374 g/mol. The summed E-state index contributed by atoms with van der Waals surface area (Å²) in [5.41, 5.74) is 0.831. The van der Waals surface area contributed by atoms with Gasteiger partial charge in [-0.1, -0.05) is 0 Å². The summed E-state index contributed by atoms with van der Waals surface area (Å²) in [5, 5.41) is 11.8. The van der Waals surface area contributed by atoms with Crippen LogP contribution in [0.3, 0.4) is 0 Å². The van der Waals surface area contributed by atoms with E-state index in [1.165, 1.54) is 42.6 Å². The number of rotatable bonds is 4. The zero-order valence-electron chi connectivity index (χ0n) is 14.7. The lowest BCUT2D eigenvalue weighted by molar-refractivity contribution is -0.121. The molecule has 27 heavy (non-hydrogen) atoms. The average molecular weight is 374 g/mol. The van der Waals surface area contributed by atoms with Gasteiger partial charge in [0.15, 0.2) is 0 Å². The number of likely N-dealkylation sites (tertiary alicyclic amines) is 1. The quantitative estimate of drug-likeness (QED) is 0.852. The molecule has 0 radical (unpaired) electrons. The van der Waals surface area contributed by atoms with Crippen LogP contribution in [0.4, 0.5) is 15.0 Å². The number of ether oxygens (including phenoxy) is 1. The molecule has 1 unspecified atom stereocenters. The second kappa shape index (κ2) is 7.98. The predicted octanol–water partition coefficient (Wildman–Crippen LogP) is 2.62. The van der Waals surface area contributed by atoms with Gasteiger partial charge in [0.05, 0.1) is 18.7 Å². The smallest absolute Gasteiger partial charge is 0.407 e. The fourth-order valence-electron chi connectivity index (χ4n) is 3.05. The van der Waals surface area contributed by atoms with E-state index in [1.807, 2.05) is 0 Å². The van der Waals surface area contributed by atoms with Crippen LogP contribution in [0.1, 0.15) is 12.8 Å². The number of methoxy groups -OCH3 is 1. The van der Waals surface area contributed by atoms with Gasteiger partial charge in [-0.2, -0.15) is 0 Å². The van der Waals surface area contributed by atoms with Gasteiger partial charge in [-0.15, -0.1) is 0 Å². The highest BCUT2D eigenvalue weighted by Gasteiger charge is 2.28. The summed E-state index contributed by atoms with van der Waals surface area (Å²) < 4.78 is 18.8. The van der Waals surface area contributed by atoms with Gasteiger partial charge in [0.1, 0.15) is 23.7 Å². The molecule has 8 nitrogen and oxygen atoms in total. The third-order valence-corrected chi connectivity index (χ3v) is 4.42. The van der Waals surface area contributed by atoms with Crippen LogP contribution in [0.15, 0.2) is 30.6 Å². The first-order chi connectivity index (χ1) is 13.0. The van der Waals surface area contributed by atoms with Crippen LogP contribution in [0.5, 0.6) is 5.75 Å². The number of nitrogens with one attached hydrogen (secondary N) is 1. The minimum Gasteiger partial charge on any atom is -0.496 e. The number of halogens is 1. The fourth-order valence-corrected chi connectivity index (χ4v) is 3.05. The van der Waals surface area contributed by atoms with Gasteiger partial charge < -0.3 is 20.1 Å². The molecule has 0 spiro atoms. The van der Waals surface area contributed by atoms with Gasteiger partial charge in [0.25, 0.3) is 0 Å². The number of anilines is 1. The molecule has 2 heterocycles. The Bertz CT molecular complexity index is 861. The van der Waals surface area contributed by atoms with Crippen LogP contribution in [0.25, 0.3) is 11.3 Å². The van der Waals surface area contributed by atoms with E-state index >= 15 is 0 Å². The largest absolute Gasteiger partial charge is 0.496 e. The van der Waals surface area contributed by atoms with Crippen LogP contribution < -0.4 is 10.1 Å². The van der Waals surface area contributed by atoms with Crippen LogP contribution in [0.2, 0.25) is 0 Å². The minimum absolute atomic E-state index is 0.150. The van der Waals surface area contributed by atoms with Gasteiger partial charge in [0.2, 0.25) is 5.91 Å². The lowest BCUT2D eigenvalue weighted by atomic mass is 9.97. The van der Waals surface area contributed by atoms with Gasteiger partial charge in [-0.05, 0) is 31.0 Å². The molecule has 2 amide bonds. The molecule has 9 heteroatoms. The Balaban J connectivity index is 1.77. The first-order valence-electron chi connectivity index (χ1n) is 8.42. The summed E-state index contributed by atoms with van der Waals surface area (Å²) in [6.07, 6.45) is 1.46. The zero-order valence-corrected chi connectivity index (χ0v) is 14.7. The van der Waals surface area contributed by atoms with Crippen LogP contribution in [-0.4, -0.2) is 52.2 Å². The van der Waals surface area contributed by atoms with E-state index in [0.29, 0.717) is 36.4 Å². The Kier molecular flexibility index (Phi) is 5.49. The molecule has 1 atom stereocenters. The summed E-state index contributed by atoms with van der Waals surface area (Å²) >= 11 is 0. The first-order valence-corrected chi connectivity index (χ1v) is 8.42. The molecular weight excluding hydrogens is 355 g/mol. The van der Waals surface area contributed by atoms with E-state index in [9.17, 15) is 14.0 Å². The Morgan fingerprint density at radius 3 is 2.89 bits per heavy atom. The maximum absolute atomic E-state index is 13.6. The van der Waals surface area contributed by atoms with E-state index in [4.69, 9.17) is 9.84 Å². The van der Waals surface area contributed by atoms with Crippen molar-refractivity contribution in [3.63, 3.8) is 0 Å². The zero-order chi connectivity index (χ0) is 19.4. The Morgan fingerprint density at radius 1 is 1.33 bits per heavy atom. The number of hydrogen-bond acceptors (Lipinski definition) is 5. The Hall–Kier alpha value is -3.23. The Morgan fingerprint density at radius 2 is 2.15 bits per heavy atom. The summed E-state index contributed by atoms with van der Waals surface area (Å²) in [4.78, 5) is 33.0. The van der Waals surface area contributed by atoms with E-state index in [1.54, 1.807) is 0 Å². The van der Waals surface area contributed by atoms with Crippen molar-refractivity contribution in [1.29, 1.82) is 0 Å². The second-order valence-corrected chi connectivity index (χ2v) is 6.19. The number of nitrogens with zero attached hydrogens (tertiary/aromatic N) is 3. The highest BCUT2D eigenvalue weighted by atomic mass is 19.1. The molecule has 0 saturated carbocycles. The normalized spacial score (nSPS) is 16.7. The number of piperidine rings is 1. The third kappa shape index (κ3) is 4.30. The highest BCUT2D eigenvalue weighted by Crippen LogP contribution is 2.30. The molecule has 1 aliphatic heterocycles. The number of amides is 2. The summed E-state index contributed by atoms with van der Waals surface area (Å²) in [5.74, 6) is -0.500. The van der Waals surface area contributed by atoms with Crippen LogP contribution >= 0.6 is 0 Å². The number of carbonyl (C=O) groups is 2. The number of carbonyl (C=O) groups excluding carboxylic acids is 1. The molecule has 1 saturated heterocycles. The molecule has 1 aromatic heterocycles. The lowest BCUT2D eigenvalue weighted by Gasteiger charge is -2.29. The van der Waals surface area contributed by atoms with Gasteiger partial charge in [-0.3, -0.25) is 4.79 Å². The molecular formula is C18H19FN4O4. The van der Waals surface area contributed by atoms with Crippen molar-refractivity contribution >= 4 is 17.8 Å². The van der Waals surface area contributed by atoms with Crippen LogP contribution in [0, 0.1) is 11.7 Å². The molecule has 1 aromatic carbocycles. The molecule has 2 N–H and O–H groups in total. The van der Waals surface area contributed by atoms with E-state index in [0.717, 1.165) is 0 Å². The number of hydrogen-bond donors (Lipinski definition) is 2. The maximum atomic E-state index is 13.6. The fraction of sp³-hybridized carbons (Fsp3) is 0.333. The van der Waals surface area contributed by atoms with Crippen molar-refractivity contribution in [3.8, 4) is 17.0 Å². The molecule has 0 aliphatic carbocycles. The van der Waals surface area contributed by atoms with Gasteiger partial charge >= 0.3 is 6.09 Å². The second-order valence-electron chi connectivity index (χ2n) is 6.19.